The molecule has 0 saturated carbocycles. The Balaban J connectivity index is 2.00. The molecule has 0 amide bonds. The summed E-state index contributed by atoms with van der Waals surface area (Å²) in [6, 6.07) is 10.1. The van der Waals surface area contributed by atoms with Gasteiger partial charge in [0.05, 0.1) is 12.1 Å². The van der Waals surface area contributed by atoms with Gasteiger partial charge in [0.25, 0.3) is 0 Å². The molecule has 1 aliphatic heterocycles. The molecule has 0 atom stereocenters. The van der Waals surface area contributed by atoms with E-state index in [-0.39, 0.29) is 6.42 Å². The van der Waals surface area contributed by atoms with Crippen LogP contribution in [-0.2, 0) is 24.2 Å². The third kappa shape index (κ3) is 2.46. The van der Waals surface area contributed by atoms with Gasteiger partial charge in [-0.05, 0) is 19.3 Å². The van der Waals surface area contributed by atoms with E-state index in [4.69, 9.17) is 10.1 Å². The lowest BCUT2D eigenvalue weighted by Gasteiger charge is -2.17. The summed E-state index contributed by atoms with van der Waals surface area (Å²) < 4.78 is 2.27. The third-order valence-corrected chi connectivity index (χ3v) is 3.81. The van der Waals surface area contributed by atoms with Crippen molar-refractivity contribution < 1.29 is 9.90 Å². The van der Waals surface area contributed by atoms with E-state index in [1.807, 2.05) is 18.2 Å². The topological polar surface area (TPSA) is 55.1 Å². The second-order valence-corrected chi connectivity index (χ2v) is 5.20. The average molecular weight is 270 g/mol. The van der Waals surface area contributed by atoms with Crippen LogP contribution in [0.3, 0.4) is 0 Å². The summed E-state index contributed by atoms with van der Waals surface area (Å²) in [5.74, 6) is 0.226. The number of rotatable bonds is 4. The number of aryl methyl sites for hydroxylation is 1. The Kier molecular flexibility index (Phi) is 3.54. The van der Waals surface area contributed by atoms with Gasteiger partial charge >= 0.3 is 5.97 Å². The summed E-state index contributed by atoms with van der Waals surface area (Å²) in [6.07, 6.45) is 4.02. The molecule has 1 aromatic heterocycles. The summed E-state index contributed by atoms with van der Waals surface area (Å²) in [4.78, 5) is 15.5. The van der Waals surface area contributed by atoms with E-state index >= 15 is 0 Å². The number of fused-ring (bicyclic) bond motifs is 1. The van der Waals surface area contributed by atoms with Crippen LogP contribution in [0.4, 0.5) is 0 Å². The number of nitrogens with zero attached hydrogens (tertiary/aromatic N) is 2. The maximum atomic E-state index is 10.8. The van der Waals surface area contributed by atoms with Crippen molar-refractivity contribution in [3.8, 4) is 11.4 Å². The molecule has 0 unspecified atom stereocenters. The van der Waals surface area contributed by atoms with Crippen molar-refractivity contribution in [1.29, 1.82) is 0 Å². The first-order valence-electron chi connectivity index (χ1n) is 7.11. The zero-order valence-corrected chi connectivity index (χ0v) is 11.4. The number of hydrogen-bond acceptors (Lipinski definition) is 2. The molecule has 0 radical (unpaired) electrons. The molecule has 4 nitrogen and oxygen atoms in total. The molecule has 1 N–H and O–H groups in total. The largest absolute Gasteiger partial charge is 0.481 e. The van der Waals surface area contributed by atoms with Gasteiger partial charge in [0.2, 0.25) is 0 Å². The fourth-order valence-electron chi connectivity index (χ4n) is 2.85. The van der Waals surface area contributed by atoms with Crippen molar-refractivity contribution in [1.82, 2.24) is 9.55 Å². The van der Waals surface area contributed by atoms with Gasteiger partial charge in [-0.2, -0.15) is 0 Å². The molecule has 20 heavy (non-hydrogen) atoms. The molecule has 2 aromatic rings. The lowest BCUT2D eigenvalue weighted by molar-refractivity contribution is -0.136. The standard InChI is InChI=1S/C16H18N2O2/c19-15(20)10-9-13-14-8-4-5-11-18(14)16(17-13)12-6-2-1-3-7-12/h1-3,6-7H,4-5,8-11H2,(H,19,20). The Morgan fingerprint density at radius 3 is 2.80 bits per heavy atom. The second kappa shape index (κ2) is 5.49. The zero-order valence-electron chi connectivity index (χ0n) is 11.4. The van der Waals surface area contributed by atoms with Crippen LogP contribution in [-0.4, -0.2) is 20.6 Å². The van der Waals surface area contributed by atoms with Crippen LogP contribution in [0.5, 0.6) is 0 Å². The monoisotopic (exact) mass is 270 g/mol. The van der Waals surface area contributed by atoms with Crippen LogP contribution in [0.25, 0.3) is 11.4 Å². The summed E-state index contributed by atoms with van der Waals surface area (Å²) >= 11 is 0. The fraction of sp³-hybridized carbons (Fsp3) is 0.375. The minimum atomic E-state index is -0.760. The quantitative estimate of drug-likeness (QED) is 0.929. The maximum Gasteiger partial charge on any atom is 0.303 e. The molecule has 1 aliphatic rings. The molecular weight excluding hydrogens is 252 g/mol. The van der Waals surface area contributed by atoms with E-state index in [0.29, 0.717) is 6.42 Å². The van der Waals surface area contributed by atoms with E-state index in [1.165, 1.54) is 18.5 Å². The van der Waals surface area contributed by atoms with Crippen LogP contribution in [0.15, 0.2) is 30.3 Å². The molecule has 0 spiro atoms. The number of imidazole rings is 1. The predicted molar refractivity (Wildman–Crippen MR) is 76.6 cm³/mol. The number of carboxylic acids is 1. The normalized spacial score (nSPS) is 14.0. The van der Waals surface area contributed by atoms with Crippen molar-refractivity contribution in [2.75, 3.05) is 0 Å². The molecule has 3 rings (SSSR count). The fourth-order valence-corrected chi connectivity index (χ4v) is 2.85. The molecule has 0 bridgehead atoms. The molecule has 0 fully saturated rings. The predicted octanol–water partition coefficient (Wildman–Crippen LogP) is 2.90. The third-order valence-electron chi connectivity index (χ3n) is 3.81. The van der Waals surface area contributed by atoms with Crippen molar-refractivity contribution >= 4 is 5.97 Å². The first-order chi connectivity index (χ1) is 9.75. The Morgan fingerprint density at radius 2 is 2.05 bits per heavy atom. The van der Waals surface area contributed by atoms with Gasteiger partial charge in [-0.3, -0.25) is 4.79 Å². The van der Waals surface area contributed by atoms with E-state index in [2.05, 4.69) is 16.7 Å². The average Bonchev–Trinajstić information content (AvgIpc) is 2.85. The van der Waals surface area contributed by atoms with Gasteiger partial charge in [0.15, 0.2) is 0 Å². The number of aliphatic carboxylic acids is 1. The SMILES string of the molecule is O=C(O)CCc1nc(-c2ccccc2)n2c1CCCC2. The highest BCUT2D eigenvalue weighted by Crippen LogP contribution is 2.28. The van der Waals surface area contributed by atoms with E-state index in [1.54, 1.807) is 0 Å². The molecule has 0 saturated heterocycles. The van der Waals surface area contributed by atoms with Crippen molar-refractivity contribution in [3.05, 3.63) is 41.7 Å². The van der Waals surface area contributed by atoms with Crippen molar-refractivity contribution in [2.45, 2.75) is 38.6 Å². The van der Waals surface area contributed by atoms with Crippen LogP contribution in [0, 0.1) is 0 Å². The molecular formula is C16H18N2O2. The second-order valence-electron chi connectivity index (χ2n) is 5.20. The smallest absolute Gasteiger partial charge is 0.303 e. The van der Waals surface area contributed by atoms with E-state index in [0.717, 1.165) is 30.0 Å². The maximum absolute atomic E-state index is 10.8. The highest BCUT2D eigenvalue weighted by Gasteiger charge is 2.20. The lowest BCUT2D eigenvalue weighted by Crippen LogP contribution is -2.12. The lowest BCUT2D eigenvalue weighted by atomic mass is 10.1. The van der Waals surface area contributed by atoms with Gasteiger partial charge in [-0.25, -0.2) is 4.98 Å². The van der Waals surface area contributed by atoms with Crippen LogP contribution in [0.1, 0.15) is 30.7 Å². The Morgan fingerprint density at radius 1 is 1.25 bits per heavy atom. The van der Waals surface area contributed by atoms with Gasteiger partial charge in [-0.15, -0.1) is 0 Å². The number of benzene rings is 1. The highest BCUT2D eigenvalue weighted by atomic mass is 16.4. The first-order valence-corrected chi connectivity index (χ1v) is 7.11. The van der Waals surface area contributed by atoms with E-state index < -0.39 is 5.97 Å². The van der Waals surface area contributed by atoms with Crippen LogP contribution < -0.4 is 0 Å². The van der Waals surface area contributed by atoms with Gasteiger partial charge in [-0.1, -0.05) is 30.3 Å². The summed E-state index contributed by atoms with van der Waals surface area (Å²) in [5.41, 5.74) is 3.31. The number of carbonyl (C=O) groups is 1. The van der Waals surface area contributed by atoms with Gasteiger partial charge in [0.1, 0.15) is 5.82 Å². The molecule has 1 aromatic carbocycles. The first kappa shape index (κ1) is 12.9. The summed E-state index contributed by atoms with van der Waals surface area (Å²) in [6.45, 7) is 0.986. The molecule has 4 heteroatoms. The number of carboxylic acid groups (broad SMARTS) is 1. The molecule has 2 heterocycles. The Labute approximate surface area is 118 Å². The van der Waals surface area contributed by atoms with E-state index in [9.17, 15) is 4.79 Å². The Hall–Kier alpha value is -2.10. The summed E-state index contributed by atoms with van der Waals surface area (Å²) in [5, 5.41) is 8.87. The van der Waals surface area contributed by atoms with Crippen LogP contribution >= 0.6 is 0 Å². The molecule has 104 valence electrons. The zero-order chi connectivity index (χ0) is 13.9. The highest BCUT2D eigenvalue weighted by molar-refractivity contribution is 5.67. The summed E-state index contributed by atoms with van der Waals surface area (Å²) in [7, 11) is 0. The molecule has 0 aliphatic carbocycles. The number of aromatic nitrogens is 2. The van der Waals surface area contributed by atoms with Crippen LogP contribution in [0.2, 0.25) is 0 Å². The number of hydrogen-bond donors (Lipinski definition) is 1. The van der Waals surface area contributed by atoms with Crippen molar-refractivity contribution in [3.63, 3.8) is 0 Å². The minimum absolute atomic E-state index is 0.151. The van der Waals surface area contributed by atoms with Crippen molar-refractivity contribution in [2.24, 2.45) is 0 Å². The Bertz CT molecular complexity index is 617. The minimum Gasteiger partial charge on any atom is -0.481 e. The van der Waals surface area contributed by atoms with Gasteiger partial charge < -0.3 is 9.67 Å². The van der Waals surface area contributed by atoms with Gasteiger partial charge in [0, 0.05) is 24.2 Å².